The van der Waals surface area contributed by atoms with E-state index in [1.165, 1.54) is 25.6 Å². The van der Waals surface area contributed by atoms with Gasteiger partial charge in [0.05, 0.1) is 16.2 Å². The van der Waals surface area contributed by atoms with Crippen molar-refractivity contribution in [2.75, 3.05) is 25.0 Å². The third kappa shape index (κ3) is 3.51. The number of nitrogens with zero attached hydrogens (tertiary/aromatic N) is 2. The number of carbonyl (C=O) groups excluding carboxylic acids is 1. The summed E-state index contributed by atoms with van der Waals surface area (Å²) in [5.41, 5.74) is 1.11. The van der Waals surface area contributed by atoms with E-state index in [2.05, 4.69) is 17.1 Å². The van der Waals surface area contributed by atoms with Crippen LogP contribution in [-0.2, 0) is 0 Å². The molecule has 21 heavy (non-hydrogen) atoms. The number of nitrogens with one attached hydrogen (secondary N) is 1. The molecule has 1 saturated heterocycles. The van der Waals surface area contributed by atoms with Crippen molar-refractivity contribution in [1.29, 1.82) is 0 Å². The van der Waals surface area contributed by atoms with Gasteiger partial charge in [-0.1, -0.05) is 6.92 Å². The molecule has 1 N–H and O–H groups in total. The molecule has 0 spiro atoms. The van der Waals surface area contributed by atoms with Crippen molar-refractivity contribution in [2.45, 2.75) is 26.2 Å². The number of nitro benzene ring substituents is 1. The van der Waals surface area contributed by atoms with Gasteiger partial charge in [-0.2, -0.15) is 0 Å². The van der Waals surface area contributed by atoms with E-state index in [1.807, 2.05) is 0 Å². The van der Waals surface area contributed by atoms with Crippen LogP contribution in [-0.4, -0.2) is 31.0 Å². The number of hydrogen-bond acceptors (Lipinski definition) is 4. The molecule has 1 aromatic rings. The average molecular weight is 291 g/mol. The van der Waals surface area contributed by atoms with Crippen LogP contribution in [0.2, 0.25) is 0 Å². The van der Waals surface area contributed by atoms with Crippen molar-refractivity contribution in [3.05, 3.63) is 33.9 Å². The van der Waals surface area contributed by atoms with Crippen molar-refractivity contribution in [3.63, 3.8) is 0 Å². The highest BCUT2D eigenvalue weighted by atomic mass is 16.6. The lowest BCUT2D eigenvalue weighted by molar-refractivity contribution is -0.384. The zero-order valence-corrected chi connectivity index (χ0v) is 12.5. The molecule has 0 aromatic heterocycles. The minimum absolute atomic E-state index is 0.0551. The largest absolute Gasteiger partial charge is 0.371 e. The molecule has 0 saturated carbocycles. The Morgan fingerprint density at radius 1 is 1.38 bits per heavy atom. The standard InChI is InChI=1S/C15H21N3O3/c1-11-4-3-8-17(9-7-11)14-6-5-12(18(20)21)10-13(14)15(19)16-2/h5-6,10-11H,3-4,7-9H2,1-2H3,(H,16,19). The number of carbonyl (C=O) groups is 1. The van der Waals surface area contributed by atoms with E-state index in [0.717, 1.165) is 31.6 Å². The molecule has 1 heterocycles. The summed E-state index contributed by atoms with van der Waals surface area (Å²) in [6.45, 7) is 3.99. The van der Waals surface area contributed by atoms with Gasteiger partial charge in [-0.3, -0.25) is 14.9 Å². The average Bonchev–Trinajstić information content (AvgIpc) is 2.70. The predicted octanol–water partition coefficient (Wildman–Crippen LogP) is 2.58. The van der Waals surface area contributed by atoms with Crippen LogP contribution < -0.4 is 10.2 Å². The smallest absolute Gasteiger partial charge is 0.270 e. The predicted molar refractivity (Wildman–Crippen MR) is 81.7 cm³/mol. The molecule has 1 amide bonds. The molecule has 6 heteroatoms. The lowest BCUT2D eigenvalue weighted by atomic mass is 10.0. The summed E-state index contributed by atoms with van der Waals surface area (Å²) in [7, 11) is 1.54. The Labute approximate surface area is 124 Å². The fraction of sp³-hybridized carbons (Fsp3) is 0.533. The van der Waals surface area contributed by atoms with Crippen LogP contribution in [0.1, 0.15) is 36.5 Å². The number of rotatable bonds is 3. The van der Waals surface area contributed by atoms with E-state index in [0.29, 0.717) is 11.5 Å². The van der Waals surface area contributed by atoms with E-state index in [4.69, 9.17) is 0 Å². The molecule has 1 fully saturated rings. The SMILES string of the molecule is CNC(=O)c1cc([N+](=O)[O-])ccc1N1CCCC(C)CC1. The third-order valence-corrected chi connectivity index (χ3v) is 4.02. The Morgan fingerprint density at radius 3 is 2.81 bits per heavy atom. The first-order valence-corrected chi connectivity index (χ1v) is 7.28. The fourth-order valence-electron chi connectivity index (χ4n) is 2.73. The molecule has 1 aliphatic rings. The van der Waals surface area contributed by atoms with E-state index >= 15 is 0 Å². The lowest BCUT2D eigenvalue weighted by Crippen LogP contribution is -2.28. The summed E-state index contributed by atoms with van der Waals surface area (Å²) in [5.74, 6) is 0.391. The Kier molecular flexibility index (Phi) is 4.77. The van der Waals surface area contributed by atoms with Crippen LogP contribution >= 0.6 is 0 Å². The van der Waals surface area contributed by atoms with Gasteiger partial charge in [-0.25, -0.2) is 0 Å². The monoisotopic (exact) mass is 291 g/mol. The van der Waals surface area contributed by atoms with Gasteiger partial charge >= 0.3 is 0 Å². The van der Waals surface area contributed by atoms with Crippen molar-refractivity contribution < 1.29 is 9.72 Å². The summed E-state index contributed by atoms with van der Waals surface area (Å²) < 4.78 is 0. The Bertz CT molecular complexity index is 545. The van der Waals surface area contributed by atoms with Crippen LogP contribution in [0.4, 0.5) is 11.4 Å². The van der Waals surface area contributed by atoms with Gasteiger partial charge in [0.2, 0.25) is 0 Å². The van der Waals surface area contributed by atoms with E-state index in [-0.39, 0.29) is 11.6 Å². The maximum Gasteiger partial charge on any atom is 0.270 e. The van der Waals surface area contributed by atoms with Crippen LogP contribution in [0.15, 0.2) is 18.2 Å². The molecule has 6 nitrogen and oxygen atoms in total. The van der Waals surface area contributed by atoms with Gasteiger partial charge in [0, 0.05) is 32.3 Å². The second-order valence-corrected chi connectivity index (χ2v) is 5.56. The number of benzene rings is 1. The minimum Gasteiger partial charge on any atom is -0.371 e. The zero-order valence-electron chi connectivity index (χ0n) is 12.5. The number of nitro groups is 1. The number of amides is 1. The van der Waals surface area contributed by atoms with Gasteiger partial charge in [0.15, 0.2) is 0 Å². The van der Waals surface area contributed by atoms with E-state index in [9.17, 15) is 14.9 Å². The minimum atomic E-state index is -0.472. The van der Waals surface area contributed by atoms with E-state index < -0.39 is 4.92 Å². The van der Waals surface area contributed by atoms with Crippen LogP contribution in [0, 0.1) is 16.0 Å². The molecule has 1 aromatic carbocycles. The molecule has 1 atom stereocenters. The Balaban J connectivity index is 2.37. The molecular weight excluding hydrogens is 270 g/mol. The molecule has 0 aliphatic carbocycles. The van der Waals surface area contributed by atoms with Crippen LogP contribution in [0.5, 0.6) is 0 Å². The van der Waals surface area contributed by atoms with Gasteiger partial charge < -0.3 is 10.2 Å². The molecule has 114 valence electrons. The second kappa shape index (κ2) is 6.56. The summed E-state index contributed by atoms with van der Waals surface area (Å²) >= 11 is 0. The number of anilines is 1. The lowest BCUT2D eigenvalue weighted by Gasteiger charge is -2.25. The first kappa shape index (κ1) is 15.3. The topological polar surface area (TPSA) is 75.5 Å². The van der Waals surface area contributed by atoms with Crippen molar-refractivity contribution in [2.24, 2.45) is 5.92 Å². The maximum atomic E-state index is 12.0. The highest BCUT2D eigenvalue weighted by molar-refractivity contribution is 6.00. The fourth-order valence-corrected chi connectivity index (χ4v) is 2.73. The number of non-ortho nitro benzene ring substituents is 1. The van der Waals surface area contributed by atoms with E-state index in [1.54, 1.807) is 6.07 Å². The Hall–Kier alpha value is -2.11. The zero-order chi connectivity index (χ0) is 15.4. The normalized spacial score (nSPS) is 19.0. The summed E-state index contributed by atoms with van der Waals surface area (Å²) in [6.07, 6.45) is 3.33. The quantitative estimate of drug-likeness (QED) is 0.686. The third-order valence-electron chi connectivity index (χ3n) is 4.02. The van der Waals surface area contributed by atoms with Gasteiger partial charge in [0.1, 0.15) is 0 Å². The Morgan fingerprint density at radius 2 is 2.14 bits per heavy atom. The summed E-state index contributed by atoms with van der Waals surface area (Å²) in [6, 6.07) is 4.53. The molecule has 0 radical (unpaired) electrons. The van der Waals surface area contributed by atoms with Crippen LogP contribution in [0.25, 0.3) is 0 Å². The summed E-state index contributed by atoms with van der Waals surface area (Å²) in [5, 5.41) is 13.5. The van der Waals surface area contributed by atoms with Gasteiger partial charge in [0.25, 0.3) is 11.6 Å². The first-order chi connectivity index (χ1) is 10.0. The maximum absolute atomic E-state index is 12.0. The highest BCUT2D eigenvalue weighted by Crippen LogP contribution is 2.28. The van der Waals surface area contributed by atoms with Crippen molar-refractivity contribution >= 4 is 17.3 Å². The van der Waals surface area contributed by atoms with Gasteiger partial charge in [-0.05, 0) is 31.2 Å². The number of hydrogen-bond donors (Lipinski definition) is 1. The van der Waals surface area contributed by atoms with Crippen molar-refractivity contribution in [1.82, 2.24) is 5.32 Å². The molecular formula is C15H21N3O3. The van der Waals surface area contributed by atoms with Crippen molar-refractivity contribution in [3.8, 4) is 0 Å². The molecule has 2 rings (SSSR count). The molecule has 1 unspecified atom stereocenters. The van der Waals surface area contributed by atoms with Gasteiger partial charge in [-0.15, -0.1) is 0 Å². The molecule has 1 aliphatic heterocycles. The van der Waals surface area contributed by atoms with Crippen LogP contribution in [0.3, 0.4) is 0 Å². The molecule has 0 bridgehead atoms. The highest BCUT2D eigenvalue weighted by Gasteiger charge is 2.21. The second-order valence-electron chi connectivity index (χ2n) is 5.56. The first-order valence-electron chi connectivity index (χ1n) is 7.28. The summed E-state index contributed by atoms with van der Waals surface area (Å²) in [4.78, 5) is 24.6.